The van der Waals surface area contributed by atoms with Crippen LogP contribution >= 0.6 is 15.9 Å². The van der Waals surface area contributed by atoms with Gasteiger partial charge in [0.1, 0.15) is 0 Å². The van der Waals surface area contributed by atoms with Crippen LogP contribution in [0.4, 0.5) is 5.95 Å². The Labute approximate surface area is 146 Å². The monoisotopic (exact) mass is 390 g/mol. The molecule has 0 aliphatic rings. The normalized spacial score (nSPS) is 10.7. The van der Waals surface area contributed by atoms with Gasteiger partial charge >= 0.3 is 0 Å². The number of nitrogens with two attached hydrogens (primary N) is 1. The van der Waals surface area contributed by atoms with E-state index in [-0.39, 0.29) is 11.5 Å². The summed E-state index contributed by atoms with van der Waals surface area (Å²) in [5.41, 5.74) is 3.30. The van der Waals surface area contributed by atoms with Crippen molar-refractivity contribution in [1.82, 2.24) is 9.55 Å². The van der Waals surface area contributed by atoms with Crippen molar-refractivity contribution >= 4 is 32.8 Å². The largest absolute Gasteiger partial charge is 0.493 e. The molecule has 7 nitrogen and oxygen atoms in total. The van der Waals surface area contributed by atoms with Crippen LogP contribution in [0.25, 0.3) is 16.6 Å². The van der Waals surface area contributed by atoms with Crippen molar-refractivity contribution in [1.29, 1.82) is 0 Å². The van der Waals surface area contributed by atoms with Crippen molar-refractivity contribution < 1.29 is 9.47 Å². The van der Waals surface area contributed by atoms with Gasteiger partial charge in [-0.2, -0.15) is 0 Å². The number of ether oxygens (including phenoxy) is 2. The number of aromatic nitrogens is 2. The van der Waals surface area contributed by atoms with Crippen LogP contribution in [0.2, 0.25) is 0 Å². The van der Waals surface area contributed by atoms with E-state index >= 15 is 0 Å². The standard InChI is InChI=1S/C16H15BrN4O3/c1-23-13-7-11-12(8-14(13)24-2)19-16(20-18)21(15(11)22)10-5-3-9(17)4-6-10/h3-8H,18H2,1-2H3,(H,19,20). The number of rotatable bonds is 4. The molecule has 1 heterocycles. The molecule has 0 bridgehead atoms. The third kappa shape index (κ3) is 2.70. The fraction of sp³-hybridized carbons (Fsp3) is 0.125. The quantitative estimate of drug-likeness (QED) is 0.525. The molecule has 0 unspecified atom stereocenters. The van der Waals surface area contributed by atoms with Gasteiger partial charge in [0.2, 0.25) is 5.95 Å². The molecular formula is C16H15BrN4O3. The predicted molar refractivity (Wildman–Crippen MR) is 96.0 cm³/mol. The molecule has 0 amide bonds. The van der Waals surface area contributed by atoms with Gasteiger partial charge in [0.25, 0.3) is 5.56 Å². The van der Waals surface area contributed by atoms with Gasteiger partial charge in [-0.3, -0.25) is 10.2 Å². The number of benzene rings is 2. The van der Waals surface area contributed by atoms with Crippen molar-refractivity contribution in [2.24, 2.45) is 5.84 Å². The van der Waals surface area contributed by atoms with E-state index in [1.54, 1.807) is 24.3 Å². The highest BCUT2D eigenvalue weighted by Crippen LogP contribution is 2.31. The van der Waals surface area contributed by atoms with E-state index in [9.17, 15) is 4.79 Å². The van der Waals surface area contributed by atoms with E-state index in [1.807, 2.05) is 12.1 Å². The Kier molecular flexibility index (Phi) is 4.41. The lowest BCUT2D eigenvalue weighted by Crippen LogP contribution is -2.26. The number of hydrogen-bond donors (Lipinski definition) is 2. The molecule has 8 heteroatoms. The van der Waals surface area contributed by atoms with Crippen LogP contribution < -0.4 is 26.3 Å². The third-order valence-electron chi connectivity index (χ3n) is 3.59. The number of hydrogen-bond acceptors (Lipinski definition) is 6. The Balaban J connectivity index is 2.35. The van der Waals surface area contributed by atoms with Crippen molar-refractivity contribution in [3.8, 4) is 17.2 Å². The van der Waals surface area contributed by atoms with E-state index in [1.165, 1.54) is 18.8 Å². The minimum atomic E-state index is -0.267. The van der Waals surface area contributed by atoms with E-state index in [0.29, 0.717) is 28.1 Å². The number of halogens is 1. The van der Waals surface area contributed by atoms with Gasteiger partial charge in [-0.15, -0.1) is 0 Å². The van der Waals surface area contributed by atoms with Crippen molar-refractivity contribution in [2.75, 3.05) is 19.6 Å². The topological polar surface area (TPSA) is 91.4 Å². The van der Waals surface area contributed by atoms with Crippen LogP contribution in [-0.4, -0.2) is 23.8 Å². The lowest BCUT2D eigenvalue weighted by molar-refractivity contribution is 0.355. The second-order valence-corrected chi connectivity index (χ2v) is 5.84. The molecule has 3 N–H and O–H groups in total. The van der Waals surface area contributed by atoms with Crippen LogP contribution in [-0.2, 0) is 0 Å². The Bertz CT molecular complexity index is 954. The molecule has 1 aromatic heterocycles. The molecular weight excluding hydrogens is 376 g/mol. The van der Waals surface area contributed by atoms with Gasteiger partial charge in [0.15, 0.2) is 11.5 Å². The molecule has 0 saturated heterocycles. The molecule has 0 aliphatic heterocycles. The summed E-state index contributed by atoms with van der Waals surface area (Å²) in [4.78, 5) is 17.4. The minimum absolute atomic E-state index is 0.224. The first kappa shape index (κ1) is 16.3. The van der Waals surface area contributed by atoms with Crippen molar-refractivity contribution in [3.05, 3.63) is 51.2 Å². The Morgan fingerprint density at radius 1 is 1.12 bits per heavy atom. The summed E-state index contributed by atoms with van der Waals surface area (Å²) in [6, 6.07) is 10.5. The predicted octanol–water partition coefficient (Wildman–Crippen LogP) is 2.45. The van der Waals surface area contributed by atoms with Crippen LogP contribution in [0.5, 0.6) is 11.5 Å². The van der Waals surface area contributed by atoms with E-state index in [2.05, 4.69) is 26.3 Å². The summed E-state index contributed by atoms with van der Waals surface area (Å²) in [6.07, 6.45) is 0. The molecule has 0 fully saturated rings. The van der Waals surface area contributed by atoms with Gasteiger partial charge in [0, 0.05) is 10.5 Å². The number of methoxy groups -OCH3 is 2. The minimum Gasteiger partial charge on any atom is -0.493 e. The first-order valence-electron chi connectivity index (χ1n) is 7.00. The second kappa shape index (κ2) is 6.50. The maximum Gasteiger partial charge on any atom is 0.267 e. The highest BCUT2D eigenvalue weighted by atomic mass is 79.9. The molecule has 3 aromatic rings. The lowest BCUT2D eigenvalue weighted by Gasteiger charge is -2.14. The number of nitrogens with one attached hydrogen (secondary N) is 1. The Morgan fingerprint density at radius 2 is 1.75 bits per heavy atom. The maximum atomic E-state index is 13.0. The molecule has 0 spiro atoms. The van der Waals surface area contributed by atoms with Crippen molar-refractivity contribution in [3.63, 3.8) is 0 Å². The van der Waals surface area contributed by atoms with Gasteiger partial charge in [-0.1, -0.05) is 15.9 Å². The first-order chi connectivity index (χ1) is 11.6. The molecule has 0 radical (unpaired) electrons. The van der Waals surface area contributed by atoms with Crippen LogP contribution in [0.1, 0.15) is 0 Å². The summed E-state index contributed by atoms with van der Waals surface area (Å²) >= 11 is 3.37. The fourth-order valence-electron chi connectivity index (χ4n) is 2.44. The Hall–Kier alpha value is -2.58. The average molecular weight is 391 g/mol. The van der Waals surface area contributed by atoms with Crippen LogP contribution in [0.3, 0.4) is 0 Å². The van der Waals surface area contributed by atoms with E-state index in [4.69, 9.17) is 15.3 Å². The highest BCUT2D eigenvalue weighted by molar-refractivity contribution is 9.10. The highest BCUT2D eigenvalue weighted by Gasteiger charge is 2.15. The van der Waals surface area contributed by atoms with Gasteiger partial charge in [-0.25, -0.2) is 15.4 Å². The fourth-order valence-corrected chi connectivity index (χ4v) is 2.70. The van der Waals surface area contributed by atoms with Gasteiger partial charge in [-0.05, 0) is 30.3 Å². The van der Waals surface area contributed by atoms with Crippen molar-refractivity contribution in [2.45, 2.75) is 0 Å². The SMILES string of the molecule is COc1cc2nc(NN)n(-c3ccc(Br)cc3)c(=O)c2cc1OC. The van der Waals surface area contributed by atoms with E-state index in [0.717, 1.165) is 4.47 Å². The van der Waals surface area contributed by atoms with Crippen LogP contribution in [0, 0.1) is 0 Å². The smallest absolute Gasteiger partial charge is 0.267 e. The maximum absolute atomic E-state index is 13.0. The second-order valence-electron chi connectivity index (χ2n) is 4.92. The first-order valence-corrected chi connectivity index (χ1v) is 7.79. The molecule has 0 saturated carbocycles. The summed E-state index contributed by atoms with van der Waals surface area (Å²) in [6.45, 7) is 0. The van der Waals surface area contributed by atoms with Crippen LogP contribution in [0.15, 0.2) is 45.7 Å². The molecule has 2 aromatic carbocycles. The number of fused-ring (bicyclic) bond motifs is 1. The molecule has 0 aliphatic carbocycles. The summed E-state index contributed by atoms with van der Waals surface area (Å²) in [5.74, 6) is 6.74. The average Bonchev–Trinajstić information content (AvgIpc) is 2.61. The van der Waals surface area contributed by atoms with Gasteiger partial charge < -0.3 is 9.47 Å². The number of nitrogen functional groups attached to an aromatic ring is 1. The van der Waals surface area contributed by atoms with Gasteiger partial charge in [0.05, 0.1) is 30.8 Å². The Morgan fingerprint density at radius 3 is 2.33 bits per heavy atom. The zero-order valence-electron chi connectivity index (χ0n) is 13.0. The number of nitrogens with zero attached hydrogens (tertiary/aromatic N) is 2. The molecule has 0 atom stereocenters. The summed E-state index contributed by atoms with van der Waals surface area (Å²) in [5, 5.41) is 0.398. The zero-order valence-corrected chi connectivity index (χ0v) is 14.6. The molecule has 124 valence electrons. The molecule has 3 rings (SSSR count). The number of anilines is 1. The molecule has 24 heavy (non-hydrogen) atoms. The van der Waals surface area contributed by atoms with E-state index < -0.39 is 0 Å². The lowest BCUT2D eigenvalue weighted by atomic mass is 10.2. The zero-order chi connectivity index (χ0) is 17.3. The summed E-state index contributed by atoms with van der Waals surface area (Å²) in [7, 11) is 3.04. The summed E-state index contributed by atoms with van der Waals surface area (Å²) < 4.78 is 12.8. The number of hydrazine groups is 1. The third-order valence-corrected chi connectivity index (χ3v) is 4.12.